The zero-order chi connectivity index (χ0) is 10.9. The minimum absolute atomic E-state index is 0.138. The van der Waals surface area contributed by atoms with Gasteiger partial charge in [0.25, 0.3) is 0 Å². The Morgan fingerprint density at radius 2 is 2.07 bits per heavy atom. The molecule has 0 unspecified atom stereocenters. The Bertz CT molecular complexity index is 280. The molecule has 0 spiro atoms. The number of carbonyl (C=O) groups excluding carboxylic acids is 2. The molecule has 2 saturated carbocycles. The maximum Gasteiger partial charge on any atom is 0.321 e. The number of hydrogen-bond donors (Lipinski definition) is 1. The first kappa shape index (κ1) is 10.5. The third-order valence-corrected chi connectivity index (χ3v) is 3.54. The number of nitrogens with one attached hydrogen (secondary N) is 1. The average molecular weight is 211 g/mol. The first-order chi connectivity index (χ1) is 7.19. The van der Waals surface area contributed by atoms with Crippen molar-refractivity contribution in [1.29, 1.82) is 0 Å². The number of methoxy groups -OCH3 is 1. The Morgan fingerprint density at radius 1 is 1.40 bits per heavy atom. The van der Waals surface area contributed by atoms with Crippen molar-refractivity contribution < 1.29 is 14.3 Å². The lowest BCUT2D eigenvalue weighted by molar-refractivity contribution is -0.152. The van der Waals surface area contributed by atoms with Gasteiger partial charge in [0, 0.05) is 6.54 Å². The van der Waals surface area contributed by atoms with Crippen LogP contribution in [0.3, 0.4) is 0 Å². The normalized spacial score (nSPS) is 22.7. The summed E-state index contributed by atoms with van der Waals surface area (Å²) in [6, 6.07) is 0. The van der Waals surface area contributed by atoms with Crippen molar-refractivity contribution >= 4 is 11.9 Å². The fourth-order valence-corrected chi connectivity index (χ4v) is 1.95. The number of ether oxygens (including phenoxy) is 1. The standard InChI is InChI=1S/C11H17NO3/c1-15-10(14)11(5-6-11)9(13)12-7-8-3-2-4-8/h8H,2-7H2,1H3,(H,12,13). The Balaban J connectivity index is 1.81. The summed E-state index contributed by atoms with van der Waals surface area (Å²) in [6.07, 6.45) is 4.94. The Morgan fingerprint density at radius 3 is 2.47 bits per heavy atom. The first-order valence-electron chi connectivity index (χ1n) is 5.56. The van der Waals surface area contributed by atoms with Gasteiger partial charge in [-0.05, 0) is 31.6 Å². The van der Waals surface area contributed by atoms with Gasteiger partial charge in [0.15, 0.2) is 0 Å². The van der Waals surface area contributed by atoms with Gasteiger partial charge in [-0.15, -0.1) is 0 Å². The van der Waals surface area contributed by atoms with Gasteiger partial charge in [0.05, 0.1) is 7.11 Å². The van der Waals surface area contributed by atoms with Gasteiger partial charge in [-0.1, -0.05) is 6.42 Å². The van der Waals surface area contributed by atoms with E-state index in [2.05, 4.69) is 10.1 Å². The van der Waals surface area contributed by atoms with E-state index >= 15 is 0 Å². The number of hydrogen-bond acceptors (Lipinski definition) is 3. The number of amides is 1. The molecule has 2 fully saturated rings. The monoisotopic (exact) mass is 211 g/mol. The summed E-state index contributed by atoms with van der Waals surface area (Å²) < 4.78 is 4.65. The van der Waals surface area contributed by atoms with Crippen LogP contribution in [0.15, 0.2) is 0 Å². The quantitative estimate of drug-likeness (QED) is 0.554. The van der Waals surface area contributed by atoms with Gasteiger partial charge in [-0.3, -0.25) is 9.59 Å². The van der Waals surface area contributed by atoms with Crippen LogP contribution in [0.1, 0.15) is 32.1 Å². The molecule has 1 N–H and O–H groups in total. The van der Waals surface area contributed by atoms with Crippen molar-refractivity contribution in [2.75, 3.05) is 13.7 Å². The lowest BCUT2D eigenvalue weighted by atomic mass is 9.85. The predicted octanol–water partition coefficient (Wildman–Crippen LogP) is 0.856. The second-order valence-corrected chi connectivity index (χ2v) is 4.58. The molecule has 0 heterocycles. The minimum atomic E-state index is -0.835. The van der Waals surface area contributed by atoms with Crippen LogP contribution in [0.5, 0.6) is 0 Å². The molecule has 0 bridgehead atoms. The summed E-state index contributed by atoms with van der Waals surface area (Å²) in [5.41, 5.74) is -0.835. The van der Waals surface area contributed by atoms with Crippen molar-refractivity contribution in [3.63, 3.8) is 0 Å². The maximum atomic E-state index is 11.8. The third kappa shape index (κ3) is 1.85. The van der Waals surface area contributed by atoms with E-state index < -0.39 is 5.41 Å². The van der Waals surface area contributed by atoms with E-state index in [0.29, 0.717) is 18.8 Å². The molecule has 0 saturated heterocycles. The molecule has 4 heteroatoms. The zero-order valence-electron chi connectivity index (χ0n) is 9.04. The number of rotatable bonds is 4. The molecule has 2 aliphatic rings. The van der Waals surface area contributed by atoms with E-state index in [1.54, 1.807) is 0 Å². The van der Waals surface area contributed by atoms with E-state index in [4.69, 9.17) is 0 Å². The minimum Gasteiger partial charge on any atom is -0.468 e. The van der Waals surface area contributed by atoms with Crippen molar-refractivity contribution in [2.24, 2.45) is 11.3 Å². The third-order valence-electron chi connectivity index (χ3n) is 3.54. The van der Waals surface area contributed by atoms with E-state index in [1.807, 2.05) is 0 Å². The highest BCUT2D eigenvalue weighted by Gasteiger charge is 2.57. The second-order valence-electron chi connectivity index (χ2n) is 4.58. The van der Waals surface area contributed by atoms with Gasteiger partial charge in [0.2, 0.25) is 5.91 Å². The highest BCUT2D eigenvalue weighted by molar-refractivity contribution is 6.05. The molecule has 1 amide bonds. The summed E-state index contributed by atoms with van der Waals surface area (Å²) >= 11 is 0. The average Bonchev–Trinajstić information content (AvgIpc) is 2.94. The van der Waals surface area contributed by atoms with Crippen LogP contribution in [0.25, 0.3) is 0 Å². The molecule has 15 heavy (non-hydrogen) atoms. The number of carbonyl (C=O) groups is 2. The Labute approximate surface area is 89.4 Å². The molecule has 4 nitrogen and oxygen atoms in total. The molecule has 0 aromatic heterocycles. The van der Waals surface area contributed by atoms with Crippen molar-refractivity contribution in [3.05, 3.63) is 0 Å². The summed E-state index contributed by atoms with van der Waals surface area (Å²) in [7, 11) is 1.33. The van der Waals surface area contributed by atoms with Crippen LogP contribution in [-0.4, -0.2) is 25.5 Å². The van der Waals surface area contributed by atoms with Crippen LogP contribution < -0.4 is 5.32 Å². The summed E-state index contributed by atoms with van der Waals surface area (Å²) in [5, 5.41) is 2.86. The Kier molecular flexibility index (Phi) is 2.67. The smallest absolute Gasteiger partial charge is 0.321 e. The molecule has 0 atom stereocenters. The molecule has 2 rings (SSSR count). The summed E-state index contributed by atoms with van der Waals surface area (Å²) in [6.45, 7) is 0.720. The number of esters is 1. The van der Waals surface area contributed by atoms with E-state index in [9.17, 15) is 9.59 Å². The predicted molar refractivity (Wildman–Crippen MR) is 54.0 cm³/mol. The van der Waals surface area contributed by atoms with Crippen molar-refractivity contribution in [3.8, 4) is 0 Å². The lowest BCUT2D eigenvalue weighted by Gasteiger charge is -2.26. The van der Waals surface area contributed by atoms with Gasteiger partial charge in [-0.25, -0.2) is 0 Å². The largest absolute Gasteiger partial charge is 0.468 e. The van der Waals surface area contributed by atoms with Crippen molar-refractivity contribution in [1.82, 2.24) is 5.32 Å². The van der Waals surface area contributed by atoms with E-state index in [0.717, 1.165) is 6.54 Å². The molecule has 0 aliphatic heterocycles. The molecule has 0 aromatic carbocycles. The van der Waals surface area contributed by atoms with Crippen LogP contribution in [-0.2, 0) is 14.3 Å². The van der Waals surface area contributed by atoms with Crippen LogP contribution in [0.4, 0.5) is 0 Å². The zero-order valence-corrected chi connectivity index (χ0v) is 9.04. The van der Waals surface area contributed by atoms with Gasteiger partial charge < -0.3 is 10.1 Å². The van der Waals surface area contributed by atoms with Crippen LogP contribution in [0, 0.1) is 11.3 Å². The second kappa shape index (κ2) is 3.83. The first-order valence-corrected chi connectivity index (χ1v) is 5.56. The highest BCUT2D eigenvalue weighted by Crippen LogP contribution is 2.47. The summed E-state index contributed by atoms with van der Waals surface area (Å²) in [5.74, 6) is 0.109. The molecule has 0 radical (unpaired) electrons. The van der Waals surface area contributed by atoms with Gasteiger partial charge >= 0.3 is 5.97 Å². The molecule has 0 aromatic rings. The van der Waals surface area contributed by atoms with Gasteiger partial charge in [-0.2, -0.15) is 0 Å². The van der Waals surface area contributed by atoms with E-state index in [1.165, 1.54) is 26.4 Å². The topological polar surface area (TPSA) is 55.4 Å². The van der Waals surface area contributed by atoms with Crippen molar-refractivity contribution in [2.45, 2.75) is 32.1 Å². The molecular formula is C11H17NO3. The lowest BCUT2D eigenvalue weighted by Crippen LogP contribution is -2.40. The fraction of sp³-hybridized carbons (Fsp3) is 0.818. The fourth-order valence-electron chi connectivity index (χ4n) is 1.95. The Hall–Kier alpha value is -1.06. The molecule has 2 aliphatic carbocycles. The van der Waals surface area contributed by atoms with E-state index in [-0.39, 0.29) is 11.9 Å². The maximum absolute atomic E-state index is 11.8. The SMILES string of the molecule is COC(=O)C1(C(=O)NCC2CCC2)CC1. The molecule has 84 valence electrons. The molecular weight excluding hydrogens is 194 g/mol. The van der Waals surface area contributed by atoms with Crippen LogP contribution >= 0.6 is 0 Å². The summed E-state index contributed by atoms with van der Waals surface area (Å²) in [4.78, 5) is 23.1. The highest BCUT2D eigenvalue weighted by atomic mass is 16.5. The van der Waals surface area contributed by atoms with Gasteiger partial charge in [0.1, 0.15) is 5.41 Å². The van der Waals surface area contributed by atoms with Crippen LogP contribution in [0.2, 0.25) is 0 Å².